The first kappa shape index (κ1) is 16.2. The molecule has 0 aromatic carbocycles. The Morgan fingerprint density at radius 3 is 2.84 bits per heavy atom. The van der Waals surface area contributed by atoms with Crippen LogP contribution >= 0.6 is 0 Å². The predicted molar refractivity (Wildman–Crippen MR) is 92.1 cm³/mol. The third-order valence-corrected chi connectivity index (χ3v) is 4.99. The summed E-state index contributed by atoms with van der Waals surface area (Å²) in [5.74, 6) is 1.70. The molecule has 2 aromatic heterocycles. The summed E-state index contributed by atoms with van der Waals surface area (Å²) in [6.07, 6.45) is 6.69. The molecule has 0 unspecified atom stereocenters. The Bertz CT molecular complexity index is 761. The fourth-order valence-electron chi connectivity index (χ4n) is 3.62. The van der Waals surface area contributed by atoms with E-state index in [4.69, 9.17) is 0 Å². The number of hydrogen-bond acceptors (Lipinski definition) is 5. The average molecular weight is 340 g/mol. The quantitative estimate of drug-likeness (QED) is 0.852. The minimum Gasteiger partial charge on any atom is -0.337 e. The topological polar surface area (TPSA) is 76.8 Å². The van der Waals surface area contributed by atoms with Crippen molar-refractivity contribution in [1.29, 1.82) is 0 Å². The first-order valence-electron chi connectivity index (χ1n) is 9.10. The van der Waals surface area contributed by atoms with Gasteiger partial charge in [-0.2, -0.15) is 0 Å². The van der Waals surface area contributed by atoms with Crippen LogP contribution in [0.3, 0.4) is 0 Å². The van der Waals surface area contributed by atoms with Crippen molar-refractivity contribution in [2.45, 2.75) is 52.0 Å². The van der Waals surface area contributed by atoms with Gasteiger partial charge in [-0.3, -0.25) is 9.48 Å². The van der Waals surface area contributed by atoms with Gasteiger partial charge in [0.05, 0.1) is 5.69 Å². The lowest BCUT2D eigenvalue weighted by Crippen LogP contribution is -2.41. The van der Waals surface area contributed by atoms with Gasteiger partial charge in [0.2, 0.25) is 0 Å². The number of amides is 1. The molecule has 2 aromatic rings. The van der Waals surface area contributed by atoms with Crippen LogP contribution in [0.25, 0.3) is 0 Å². The van der Waals surface area contributed by atoms with Gasteiger partial charge in [0.25, 0.3) is 5.91 Å². The molecule has 1 saturated heterocycles. The molecule has 0 N–H and O–H groups in total. The van der Waals surface area contributed by atoms with Crippen LogP contribution in [0.2, 0.25) is 0 Å². The highest BCUT2D eigenvalue weighted by Crippen LogP contribution is 2.38. The van der Waals surface area contributed by atoms with E-state index in [0.29, 0.717) is 23.4 Å². The van der Waals surface area contributed by atoms with Crippen LogP contribution in [0, 0.1) is 19.8 Å². The van der Waals surface area contributed by atoms with Gasteiger partial charge in [-0.05, 0) is 51.5 Å². The third kappa shape index (κ3) is 3.70. The van der Waals surface area contributed by atoms with Gasteiger partial charge in [0.15, 0.2) is 0 Å². The maximum atomic E-state index is 12.8. The summed E-state index contributed by atoms with van der Waals surface area (Å²) in [6.45, 7) is 6.09. The number of hydrogen-bond donors (Lipinski definition) is 0. The molecule has 0 radical (unpaired) electrons. The minimum absolute atomic E-state index is 0.00978. The van der Waals surface area contributed by atoms with Crippen molar-refractivity contribution in [3.63, 3.8) is 0 Å². The highest BCUT2D eigenvalue weighted by molar-refractivity contribution is 5.92. The van der Waals surface area contributed by atoms with E-state index in [-0.39, 0.29) is 5.91 Å². The lowest BCUT2D eigenvalue weighted by Gasteiger charge is -2.32. The molecular weight excluding hydrogens is 316 g/mol. The van der Waals surface area contributed by atoms with Gasteiger partial charge < -0.3 is 4.90 Å². The zero-order valence-electron chi connectivity index (χ0n) is 14.9. The third-order valence-electron chi connectivity index (χ3n) is 4.99. The summed E-state index contributed by atoms with van der Waals surface area (Å²) in [7, 11) is 0. The Hall–Kier alpha value is -2.31. The maximum absolute atomic E-state index is 12.8. The van der Waals surface area contributed by atoms with Crippen molar-refractivity contribution in [3.05, 3.63) is 35.2 Å². The van der Waals surface area contributed by atoms with Gasteiger partial charge in [-0.1, -0.05) is 5.21 Å². The Morgan fingerprint density at radius 2 is 2.08 bits per heavy atom. The van der Waals surface area contributed by atoms with E-state index in [1.165, 1.54) is 12.8 Å². The van der Waals surface area contributed by atoms with Gasteiger partial charge in [0, 0.05) is 37.4 Å². The molecule has 0 bridgehead atoms. The standard InChI is InChI=1S/C18H24N6O/c1-12-8-16(20-13(2)19-12)18(25)23-7-3-4-14(9-23)10-24-11-17(21-22-24)15-5-6-15/h8,11,14-15H,3-7,9-10H2,1-2H3/t14-/m1/s1. The molecule has 1 saturated carbocycles. The monoisotopic (exact) mass is 340 g/mol. The predicted octanol–water partition coefficient (Wildman–Crippen LogP) is 2.11. The van der Waals surface area contributed by atoms with Crippen molar-refractivity contribution < 1.29 is 4.79 Å². The maximum Gasteiger partial charge on any atom is 0.272 e. The lowest BCUT2D eigenvalue weighted by molar-refractivity contribution is 0.0652. The largest absolute Gasteiger partial charge is 0.337 e. The first-order valence-corrected chi connectivity index (χ1v) is 9.10. The summed E-state index contributed by atoms with van der Waals surface area (Å²) in [5, 5.41) is 8.55. The van der Waals surface area contributed by atoms with Crippen LogP contribution in [0.15, 0.2) is 12.3 Å². The van der Waals surface area contributed by atoms with Crippen molar-refractivity contribution in [1.82, 2.24) is 29.9 Å². The van der Waals surface area contributed by atoms with E-state index >= 15 is 0 Å². The fourth-order valence-corrected chi connectivity index (χ4v) is 3.62. The molecule has 2 fully saturated rings. The first-order chi connectivity index (χ1) is 12.1. The van der Waals surface area contributed by atoms with E-state index in [1.54, 1.807) is 6.07 Å². The van der Waals surface area contributed by atoms with Gasteiger partial charge in [0.1, 0.15) is 11.5 Å². The average Bonchev–Trinajstić information content (AvgIpc) is 3.34. The molecule has 0 spiro atoms. The molecule has 3 heterocycles. The molecule has 2 aliphatic rings. The molecule has 1 aliphatic heterocycles. The summed E-state index contributed by atoms with van der Waals surface area (Å²) >= 11 is 0. The normalized spacial score (nSPS) is 20.7. The van der Waals surface area contributed by atoms with Crippen LogP contribution in [0.1, 0.15) is 59.3 Å². The van der Waals surface area contributed by atoms with E-state index in [9.17, 15) is 4.79 Å². The number of rotatable bonds is 4. The number of aryl methyl sites for hydroxylation is 2. The SMILES string of the molecule is Cc1cc(C(=O)N2CCC[C@@H](Cn3cc(C4CC4)nn3)C2)nc(C)n1. The van der Waals surface area contributed by atoms with E-state index in [0.717, 1.165) is 43.9 Å². The van der Waals surface area contributed by atoms with Gasteiger partial charge in [-0.15, -0.1) is 5.10 Å². The number of likely N-dealkylation sites (tertiary alicyclic amines) is 1. The fraction of sp³-hybridized carbons (Fsp3) is 0.611. The second kappa shape index (κ2) is 6.54. The summed E-state index contributed by atoms with van der Waals surface area (Å²) in [5.41, 5.74) is 2.46. The van der Waals surface area contributed by atoms with Crippen LogP contribution in [0.5, 0.6) is 0 Å². The summed E-state index contributed by atoms with van der Waals surface area (Å²) < 4.78 is 1.95. The van der Waals surface area contributed by atoms with Crippen LogP contribution in [-0.2, 0) is 6.54 Å². The molecule has 1 aliphatic carbocycles. The van der Waals surface area contributed by atoms with Crippen molar-refractivity contribution in [3.8, 4) is 0 Å². The number of nitrogens with zero attached hydrogens (tertiary/aromatic N) is 6. The van der Waals surface area contributed by atoms with Gasteiger partial charge >= 0.3 is 0 Å². The second-order valence-corrected chi connectivity index (χ2v) is 7.34. The van der Waals surface area contributed by atoms with Crippen LogP contribution in [0.4, 0.5) is 0 Å². The number of piperidine rings is 1. The van der Waals surface area contributed by atoms with Crippen LogP contribution < -0.4 is 0 Å². The summed E-state index contributed by atoms with van der Waals surface area (Å²) in [6, 6.07) is 1.78. The highest BCUT2D eigenvalue weighted by Gasteiger charge is 2.28. The second-order valence-electron chi connectivity index (χ2n) is 7.34. The Kier molecular flexibility index (Phi) is 4.23. The van der Waals surface area contributed by atoms with Gasteiger partial charge in [-0.25, -0.2) is 9.97 Å². The Labute approximate surface area is 147 Å². The molecule has 1 atom stereocenters. The van der Waals surface area contributed by atoms with E-state index in [1.807, 2.05) is 23.4 Å². The Morgan fingerprint density at radius 1 is 1.24 bits per heavy atom. The number of carbonyl (C=O) groups is 1. The molecule has 25 heavy (non-hydrogen) atoms. The zero-order chi connectivity index (χ0) is 17.4. The molecular formula is C18H24N6O. The van der Waals surface area contributed by atoms with E-state index in [2.05, 4.69) is 26.5 Å². The molecule has 7 heteroatoms. The van der Waals surface area contributed by atoms with Crippen molar-refractivity contribution in [2.75, 3.05) is 13.1 Å². The zero-order valence-corrected chi connectivity index (χ0v) is 14.9. The molecule has 132 valence electrons. The number of aromatic nitrogens is 5. The van der Waals surface area contributed by atoms with Crippen molar-refractivity contribution in [2.24, 2.45) is 5.92 Å². The highest BCUT2D eigenvalue weighted by atomic mass is 16.2. The summed E-state index contributed by atoms with van der Waals surface area (Å²) in [4.78, 5) is 23.3. The minimum atomic E-state index is 0.00978. The molecule has 4 rings (SSSR count). The molecule has 1 amide bonds. The lowest BCUT2D eigenvalue weighted by atomic mass is 9.97. The molecule has 7 nitrogen and oxygen atoms in total. The van der Waals surface area contributed by atoms with E-state index < -0.39 is 0 Å². The smallest absolute Gasteiger partial charge is 0.272 e. The van der Waals surface area contributed by atoms with Crippen LogP contribution in [-0.4, -0.2) is 48.9 Å². The number of carbonyl (C=O) groups excluding carboxylic acids is 1. The Balaban J connectivity index is 1.41. The van der Waals surface area contributed by atoms with Crippen molar-refractivity contribution >= 4 is 5.91 Å².